The van der Waals surface area contributed by atoms with Crippen molar-refractivity contribution in [1.82, 2.24) is 18.3 Å². The van der Waals surface area contributed by atoms with E-state index in [2.05, 4.69) is 225 Å². The first kappa shape index (κ1) is 31.4. The van der Waals surface area contributed by atoms with Crippen LogP contribution in [-0.4, -0.2) is 18.3 Å². The quantitative estimate of drug-likeness (QED) is 0.171. The number of aromatic nitrogens is 4. The van der Waals surface area contributed by atoms with E-state index in [1.807, 2.05) is 0 Å². The molecule has 13 rings (SSSR count). The molecule has 270 valence electrons. The summed E-state index contributed by atoms with van der Waals surface area (Å²) >= 11 is 0. The van der Waals surface area contributed by atoms with Crippen LogP contribution in [0.25, 0.3) is 110 Å². The normalized spacial score (nSPS) is 12.1. The van der Waals surface area contributed by atoms with Gasteiger partial charge < -0.3 is 18.3 Å². The van der Waals surface area contributed by atoms with Crippen molar-refractivity contribution in [2.75, 3.05) is 0 Å². The molecule has 0 atom stereocenters. The van der Waals surface area contributed by atoms with Crippen molar-refractivity contribution in [3.63, 3.8) is 0 Å². The summed E-state index contributed by atoms with van der Waals surface area (Å²) in [6.45, 7) is 0. The second-order valence-electron chi connectivity index (χ2n) is 15.3. The molecule has 0 unspecified atom stereocenters. The van der Waals surface area contributed by atoms with Crippen LogP contribution in [0, 0.1) is 0 Å². The maximum atomic E-state index is 2.49. The van der Waals surface area contributed by atoms with Gasteiger partial charge in [-0.3, -0.25) is 0 Å². The predicted octanol–water partition coefficient (Wildman–Crippen LogP) is 14.1. The van der Waals surface area contributed by atoms with Gasteiger partial charge in [0.25, 0.3) is 0 Å². The smallest absolute Gasteiger partial charge is 0.0788 e. The Morgan fingerprint density at radius 1 is 0.207 bits per heavy atom. The van der Waals surface area contributed by atoms with Crippen LogP contribution in [0.4, 0.5) is 0 Å². The Labute approximate surface area is 333 Å². The van der Waals surface area contributed by atoms with Crippen molar-refractivity contribution in [3.8, 4) is 22.7 Å². The van der Waals surface area contributed by atoms with Gasteiger partial charge in [-0.05, 0) is 72.8 Å². The lowest BCUT2D eigenvalue weighted by Gasteiger charge is -2.15. The lowest BCUT2D eigenvalue weighted by Crippen LogP contribution is -2.00. The van der Waals surface area contributed by atoms with E-state index in [-0.39, 0.29) is 0 Å². The zero-order valence-electron chi connectivity index (χ0n) is 31.4. The van der Waals surface area contributed by atoms with Gasteiger partial charge in [-0.1, -0.05) is 133 Å². The average molecular weight is 739 g/mol. The number of hydrogen-bond donors (Lipinski definition) is 0. The standard InChI is InChI=1S/C54H34N4/c1-3-16-35(17-4-1)56-46-26-11-7-22-39(46)42-32-33-50-51(52(42)56)45-25-10-14-29-49(45)55(50)37-20-15-21-38(34-37)58-48-28-13-9-24-41(48)44-31-30-43-40-23-8-12-27-47(40)57(53(43)54(44)58)36-18-5-2-6-19-36/h1-34H. The zero-order chi connectivity index (χ0) is 37.9. The SMILES string of the molecule is c1ccc(-n2c3ccccc3c3ccc4c(c5ccccc5n4-c4cccc(-n5c6ccccc6c6ccc7c8ccccc8n(-c8ccccc8)c7c65)c4)c32)cc1. The number of benzene rings is 9. The average Bonchev–Trinajstić information content (AvgIpc) is 4.02. The molecule has 0 aliphatic carbocycles. The minimum absolute atomic E-state index is 1.12. The van der Waals surface area contributed by atoms with E-state index in [0.29, 0.717) is 0 Å². The fourth-order valence-corrected chi connectivity index (χ4v) is 10.0. The van der Waals surface area contributed by atoms with E-state index >= 15 is 0 Å². The third-order valence-corrected chi connectivity index (χ3v) is 12.3. The summed E-state index contributed by atoms with van der Waals surface area (Å²) < 4.78 is 9.87. The van der Waals surface area contributed by atoms with Gasteiger partial charge in [0.1, 0.15) is 0 Å². The van der Waals surface area contributed by atoms with E-state index in [1.165, 1.54) is 87.2 Å². The molecule has 0 spiro atoms. The molecule has 0 saturated carbocycles. The summed E-state index contributed by atoms with van der Waals surface area (Å²) in [5.41, 5.74) is 14.1. The van der Waals surface area contributed by atoms with E-state index in [0.717, 1.165) is 22.7 Å². The van der Waals surface area contributed by atoms with Gasteiger partial charge in [-0.2, -0.15) is 0 Å². The summed E-state index contributed by atoms with van der Waals surface area (Å²) in [6, 6.07) is 75.4. The summed E-state index contributed by atoms with van der Waals surface area (Å²) in [5.74, 6) is 0. The van der Waals surface area contributed by atoms with E-state index in [4.69, 9.17) is 0 Å². The monoisotopic (exact) mass is 738 g/mol. The van der Waals surface area contributed by atoms with Gasteiger partial charge in [-0.15, -0.1) is 0 Å². The lowest BCUT2D eigenvalue weighted by molar-refractivity contribution is 1.12. The number of para-hydroxylation sites is 6. The van der Waals surface area contributed by atoms with Crippen LogP contribution >= 0.6 is 0 Å². The summed E-state index contributed by atoms with van der Waals surface area (Å²) in [7, 11) is 0. The molecule has 0 N–H and O–H groups in total. The van der Waals surface area contributed by atoms with Crippen molar-refractivity contribution in [3.05, 3.63) is 206 Å². The Balaban J connectivity index is 1.14. The Morgan fingerprint density at radius 2 is 0.569 bits per heavy atom. The highest BCUT2D eigenvalue weighted by Gasteiger charge is 2.23. The molecule has 4 heteroatoms. The molecule has 0 aliphatic heterocycles. The Kier molecular flexibility index (Phi) is 6.41. The molecular weight excluding hydrogens is 705 g/mol. The lowest BCUT2D eigenvalue weighted by atomic mass is 10.1. The van der Waals surface area contributed by atoms with Gasteiger partial charge in [0.2, 0.25) is 0 Å². The molecule has 58 heavy (non-hydrogen) atoms. The number of fused-ring (bicyclic) bond motifs is 14. The summed E-state index contributed by atoms with van der Waals surface area (Å²) in [4.78, 5) is 0. The number of rotatable bonds is 4. The summed E-state index contributed by atoms with van der Waals surface area (Å²) in [6.07, 6.45) is 0. The van der Waals surface area contributed by atoms with Crippen molar-refractivity contribution in [2.24, 2.45) is 0 Å². The van der Waals surface area contributed by atoms with Crippen LogP contribution < -0.4 is 0 Å². The van der Waals surface area contributed by atoms with Crippen LogP contribution in [0.5, 0.6) is 0 Å². The molecule has 9 aromatic carbocycles. The highest BCUT2D eigenvalue weighted by Crippen LogP contribution is 2.44. The molecule has 0 bridgehead atoms. The molecule has 4 nitrogen and oxygen atoms in total. The molecule has 13 aromatic rings. The van der Waals surface area contributed by atoms with Crippen LogP contribution in [0.15, 0.2) is 206 Å². The van der Waals surface area contributed by atoms with Gasteiger partial charge >= 0.3 is 0 Å². The zero-order valence-corrected chi connectivity index (χ0v) is 31.4. The molecular formula is C54H34N4. The third kappa shape index (κ3) is 4.18. The third-order valence-electron chi connectivity index (χ3n) is 12.3. The van der Waals surface area contributed by atoms with Crippen molar-refractivity contribution < 1.29 is 0 Å². The van der Waals surface area contributed by atoms with Crippen LogP contribution in [0.2, 0.25) is 0 Å². The Hall–Kier alpha value is -7.82. The van der Waals surface area contributed by atoms with Gasteiger partial charge in [0.15, 0.2) is 0 Å². The highest BCUT2D eigenvalue weighted by atomic mass is 15.1. The maximum Gasteiger partial charge on any atom is 0.0788 e. The molecule has 0 aliphatic rings. The maximum absolute atomic E-state index is 2.49. The minimum atomic E-state index is 1.12. The largest absolute Gasteiger partial charge is 0.309 e. The molecule has 4 aromatic heterocycles. The molecule has 0 amide bonds. The van der Waals surface area contributed by atoms with Crippen LogP contribution in [-0.2, 0) is 0 Å². The fraction of sp³-hybridized carbons (Fsp3) is 0. The number of nitrogens with zero attached hydrogens (tertiary/aromatic N) is 4. The fourth-order valence-electron chi connectivity index (χ4n) is 10.0. The first-order valence-corrected chi connectivity index (χ1v) is 20.0. The predicted molar refractivity (Wildman–Crippen MR) is 244 cm³/mol. The molecule has 0 radical (unpaired) electrons. The van der Waals surface area contributed by atoms with Gasteiger partial charge in [0.05, 0.1) is 44.1 Å². The van der Waals surface area contributed by atoms with Crippen molar-refractivity contribution in [1.29, 1.82) is 0 Å². The molecule has 4 heterocycles. The van der Waals surface area contributed by atoms with Crippen molar-refractivity contribution in [2.45, 2.75) is 0 Å². The van der Waals surface area contributed by atoms with Crippen molar-refractivity contribution >= 4 is 87.2 Å². The van der Waals surface area contributed by atoms with Gasteiger partial charge in [-0.25, -0.2) is 0 Å². The summed E-state index contributed by atoms with van der Waals surface area (Å²) in [5, 5.41) is 9.97. The first-order chi connectivity index (χ1) is 28.8. The topological polar surface area (TPSA) is 19.7 Å². The minimum Gasteiger partial charge on any atom is -0.309 e. The van der Waals surface area contributed by atoms with E-state index < -0.39 is 0 Å². The Morgan fingerprint density at radius 3 is 1.10 bits per heavy atom. The first-order valence-electron chi connectivity index (χ1n) is 20.0. The second kappa shape index (κ2) is 11.8. The van der Waals surface area contributed by atoms with E-state index in [1.54, 1.807) is 0 Å². The number of hydrogen-bond acceptors (Lipinski definition) is 0. The van der Waals surface area contributed by atoms with E-state index in [9.17, 15) is 0 Å². The molecule has 0 saturated heterocycles. The Bertz CT molecular complexity index is 3780. The van der Waals surface area contributed by atoms with Crippen LogP contribution in [0.3, 0.4) is 0 Å². The van der Waals surface area contributed by atoms with Gasteiger partial charge in [0, 0.05) is 65.8 Å². The van der Waals surface area contributed by atoms with Crippen LogP contribution in [0.1, 0.15) is 0 Å². The highest BCUT2D eigenvalue weighted by molar-refractivity contribution is 6.27. The molecule has 0 fully saturated rings. The second-order valence-corrected chi connectivity index (χ2v) is 15.3.